The van der Waals surface area contributed by atoms with Gasteiger partial charge in [-0.2, -0.15) is 5.10 Å². The first kappa shape index (κ1) is 24.2. The molecule has 5 aromatic rings. The molecule has 0 saturated carbocycles. The van der Waals surface area contributed by atoms with Gasteiger partial charge < -0.3 is 5.32 Å². The number of nitrogens with zero attached hydrogens (tertiary/aromatic N) is 4. The van der Waals surface area contributed by atoms with Gasteiger partial charge >= 0.3 is 0 Å². The van der Waals surface area contributed by atoms with E-state index in [1.54, 1.807) is 12.1 Å². The molecule has 0 unspecified atom stereocenters. The van der Waals surface area contributed by atoms with Crippen LogP contribution in [-0.4, -0.2) is 32.6 Å². The smallest absolute Gasteiger partial charge is 0.250 e. The summed E-state index contributed by atoms with van der Waals surface area (Å²) in [7, 11) is 0. The van der Waals surface area contributed by atoms with Crippen LogP contribution in [0.15, 0.2) is 107 Å². The normalized spacial score (nSPS) is 11.2. The summed E-state index contributed by atoms with van der Waals surface area (Å²) in [6.45, 7) is 0.449. The molecule has 0 aliphatic carbocycles. The molecular formula is C28H23FN6OS. The van der Waals surface area contributed by atoms with E-state index in [9.17, 15) is 9.18 Å². The number of halogens is 1. The second-order valence-electron chi connectivity index (χ2n) is 8.08. The molecule has 0 saturated heterocycles. The van der Waals surface area contributed by atoms with E-state index in [-0.39, 0.29) is 17.5 Å². The van der Waals surface area contributed by atoms with Crippen LogP contribution < -0.4 is 10.7 Å². The molecule has 9 heteroatoms. The van der Waals surface area contributed by atoms with Gasteiger partial charge in [0.2, 0.25) is 0 Å². The Hall–Kier alpha value is -4.50. The quantitative estimate of drug-likeness (QED) is 0.157. The summed E-state index contributed by atoms with van der Waals surface area (Å²) in [5.74, 6) is 0.201. The van der Waals surface area contributed by atoms with Gasteiger partial charge in [0.15, 0.2) is 11.0 Å². The first-order valence-corrected chi connectivity index (χ1v) is 12.6. The van der Waals surface area contributed by atoms with Crippen molar-refractivity contribution in [3.05, 3.63) is 114 Å². The molecule has 5 rings (SSSR count). The number of amides is 1. The van der Waals surface area contributed by atoms with Crippen LogP contribution in [0.5, 0.6) is 0 Å². The lowest BCUT2D eigenvalue weighted by Crippen LogP contribution is -2.20. The number of para-hydroxylation sites is 1. The Morgan fingerprint density at radius 3 is 2.51 bits per heavy atom. The van der Waals surface area contributed by atoms with Gasteiger partial charge in [-0.15, -0.1) is 10.2 Å². The molecule has 0 radical (unpaired) electrons. The molecular weight excluding hydrogens is 487 g/mol. The van der Waals surface area contributed by atoms with Crippen LogP contribution in [-0.2, 0) is 11.3 Å². The average Bonchev–Trinajstić information content (AvgIpc) is 3.35. The Balaban J connectivity index is 1.29. The van der Waals surface area contributed by atoms with Crippen molar-refractivity contribution in [2.75, 3.05) is 11.1 Å². The molecule has 1 heterocycles. The van der Waals surface area contributed by atoms with E-state index in [2.05, 4.69) is 44.2 Å². The number of rotatable bonds is 9. The lowest BCUT2D eigenvalue weighted by atomic mass is 10.1. The number of anilines is 1. The fourth-order valence-corrected chi connectivity index (χ4v) is 4.55. The second-order valence-corrected chi connectivity index (χ2v) is 9.03. The van der Waals surface area contributed by atoms with E-state index >= 15 is 0 Å². The Bertz CT molecular complexity index is 1530. The van der Waals surface area contributed by atoms with E-state index in [0.29, 0.717) is 17.3 Å². The van der Waals surface area contributed by atoms with Crippen LogP contribution in [0.1, 0.15) is 11.4 Å². The fraction of sp³-hybridized carbons (Fsp3) is 0.0714. The number of fused-ring (bicyclic) bond motifs is 1. The molecule has 37 heavy (non-hydrogen) atoms. The maximum Gasteiger partial charge on any atom is 0.250 e. The zero-order chi connectivity index (χ0) is 25.5. The van der Waals surface area contributed by atoms with Crippen molar-refractivity contribution >= 4 is 40.3 Å². The van der Waals surface area contributed by atoms with Gasteiger partial charge in [-0.05, 0) is 41.3 Å². The Labute approximate surface area is 217 Å². The third kappa shape index (κ3) is 6.02. The minimum atomic E-state index is -0.327. The van der Waals surface area contributed by atoms with Crippen molar-refractivity contribution in [1.29, 1.82) is 0 Å². The highest BCUT2D eigenvalue weighted by Crippen LogP contribution is 2.25. The first-order chi connectivity index (χ1) is 18.2. The van der Waals surface area contributed by atoms with Gasteiger partial charge in [0.25, 0.3) is 5.91 Å². The number of carbonyl (C=O) groups is 1. The zero-order valence-electron chi connectivity index (χ0n) is 19.7. The molecule has 0 atom stereocenters. The number of hydrogen-bond acceptors (Lipinski definition) is 6. The standard InChI is InChI=1S/C28H23FN6OS/c29-22-15-13-20(14-16-22)17-31-33-27(36)19-37-28-34-32-26(35(28)23-9-2-1-3-10-23)18-30-25-12-6-8-21-7-4-5-11-24(21)25/h1-17,30H,18-19H2,(H,33,36)/b31-17+. The summed E-state index contributed by atoms with van der Waals surface area (Å²) in [5, 5.41) is 19.1. The molecule has 2 N–H and O–H groups in total. The summed E-state index contributed by atoms with van der Waals surface area (Å²) in [6.07, 6.45) is 1.46. The van der Waals surface area contributed by atoms with Crippen molar-refractivity contribution in [2.24, 2.45) is 5.10 Å². The lowest BCUT2D eigenvalue weighted by molar-refractivity contribution is -0.118. The van der Waals surface area contributed by atoms with Crippen LogP contribution >= 0.6 is 11.8 Å². The largest absolute Gasteiger partial charge is 0.377 e. The van der Waals surface area contributed by atoms with Gasteiger partial charge in [-0.3, -0.25) is 9.36 Å². The van der Waals surface area contributed by atoms with E-state index < -0.39 is 0 Å². The van der Waals surface area contributed by atoms with Gasteiger partial charge in [-0.1, -0.05) is 78.5 Å². The molecule has 1 aromatic heterocycles. The van der Waals surface area contributed by atoms with Gasteiger partial charge in [0, 0.05) is 16.8 Å². The summed E-state index contributed by atoms with van der Waals surface area (Å²) in [6, 6.07) is 30.0. The van der Waals surface area contributed by atoms with Crippen molar-refractivity contribution < 1.29 is 9.18 Å². The Morgan fingerprint density at radius 1 is 0.919 bits per heavy atom. The molecule has 0 spiro atoms. The van der Waals surface area contributed by atoms with Gasteiger partial charge in [0.1, 0.15) is 5.82 Å². The molecule has 4 aromatic carbocycles. The number of benzene rings is 4. The third-order valence-electron chi connectivity index (χ3n) is 5.55. The topological polar surface area (TPSA) is 84.2 Å². The van der Waals surface area contributed by atoms with Crippen LogP contribution in [0.2, 0.25) is 0 Å². The van der Waals surface area contributed by atoms with E-state index in [4.69, 9.17) is 0 Å². The first-order valence-electron chi connectivity index (χ1n) is 11.6. The molecule has 0 aliphatic heterocycles. The molecule has 7 nitrogen and oxygen atoms in total. The van der Waals surface area contributed by atoms with Crippen molar-refractivity contribution in [3.63, 3.8) is 0 Å². The van der Waals surface area contributed by atoms with Crippen molar-refractivity contribution in [2.45, 2.75) is 11.7 Å². The van der Waals surface area contributed by atoms with Crippen molar-refractivity contribution in [3.8, 4) is 5.69 Å². The predicted octanol–water partition coefficient (Wildman–Crippen LogP) is 5.41. The van der Waals surface area contributed by atoms with E-state index in [1.807, 2.05) is 59.2 Å². The monoisotopic (exact) mass is 510 g/mol. The minimum absolute atomic E-state index is 0.0997. The zero-order valence-corrected chi connectivity index (χ0v) is 20.5. The highest BCUT2D eigenvalue weighted by molar-refractivity contribution is 7.99. The van der Waals surface area contributed by atoms with E-state index in [0.717, 1.165) is 28.0 Å². The summed E-state index contributed by atoms with van der Waals surface area (Å²) >= 11 is 1.27. The molecule has 0 aliphatic rings. The maximum atomic E-state index is 13.0. The van der Waals surface area contributed by atoms with Gasteiger partial charge in [0.05, 0.1) is 18.5 Å². The molecule has 0 bridgehead atoms. The average molecular weight is 511 g/mol. The number of thioether (sulfide) groups is 1. The highest BCUT2D eigenvalue weighted by Gasteiger charge is 2.16. The van der Waals surface area contributed by atoms with E-state index in [1.165, 1.54) is 30.1 Å². The lowest BCUT2D eigenvalue weighted by Gasteiger charge is -2.12. The minimum Gasteiger partial charge on any atom is -0.377 e. The van der Waals surface area contributed by atoms with Crippen LogP contribution in [0, 0.1) is 5.82 Å². The summed E-state index contributed by atoms with van der Waals surface area (Å²) in [5.41, 5.74) is 5.08. The second kappa shape index (κ2) is 11.5. The third-order valence-corrected chi connectivity index (χ3v) is 6.48. The predicted molar refractivity (Wildman–Crippen MR) is 145 cm³/mol. The highest BCUT2D eigenvalue weighted by atomic mass is 32.2. The van der Waals surface area contributed by atoms with Crippen LogP contribution in [0.25, 0.3) is 16.5 Å². The van der Waals surface area contributed by atoms with Crippen LogP contribution in [0.3, 0.4) is 0 Å². The van der Waals surface area contributed by atoms with Crippen molar-refractivity contribution in [1.82, 2.24) is 20.2 Å². The molecule has 1 amide bonds. The number of nitrogens with one attached hydrogen (secondary N) is 2. The molecule has 184 valence electrons. The number of carbonyl (C=O) groups excluding carboxylic acids is 1. The SMILES string of the molecule is O=C(CSc1nnc(CNc2cccc3ccccc23)n1-c1ccccc1)N/N=C/c1ccc(F)cc1. The summed E-state index contributed by atoms with van der Waals surface area (Å²) < 4.78 is 15.0. The van der Waals surface area contributed by atoms with Crippen LogP contribution in [0.4, 0.5) is 10.1 Å². The Kier molecular flexibility index (Phi) is 7.52. The Morgan fingerprint density at radius 2 is 1.68 bits per heavy atom. The summed E-state index contributed by atoms with van der Waals surface area (Å²) in [4.78, 5) is 12.4. The molecule has 0 fully saturated rings. The maximum absolute atomic E-state index is 13.0. The number of aromatic nitrogens is 3. The fourth-order valence-electron chi connectivity index (χ4n) is 3.79. The number of hydrogen-bond donors (Lipinski definition) is 2. The number of hydrazone groups is 1. The van der Waals surface area contributed by atoms with Gasteiger partial charge in [-0.25, -0.2) is 9.82 Å².